The molecule has 1 aliphatic heterocycles. The Morgan fingerprint density at radius 3 is 2.41 bits per heavy atom. The molecule has 1 heterocycles. The van der Waals surface area contributed by atoms with Gasteiger partial charge in [0.25, 0.3) is 0 Å². The zero-order valence-electron chi connectivity index (χ0n) is 12.0. The minimum atomic E-state index is 0.589. The Morgan fingerprint density at radius 1 is 1.18 bits per heavy atom. The standard InChI is InChI=1S/C15H30N2/c1-4-17(12-13-6-9-16-10-7-13)14-5-8-15(2,3)11-14/h13-14,16H,4-12H2,1-3H3. The van der Waals surface area contributed by atoms with E-state index in [0.717, 1.165) is 12.0 Å². The van der Waals surface area contributed by atoms with Gasteiger partial charge in [0.15, 0.2) is 0 Å². The molecule has 1 saturated heterocycles. The van der Waals surface area contributed by atoms with Crippen molar-refractivity contribution < 1.29 is 0 Å². The van der Waals surface area contributed by atoms with E-state index in [2.05, 4.69) is 31.0 Å². The van der Waals surface area contributed by atoms with Crippen LogP contribution in [0.4, 0.5) is 0 Å². The molecule has 0 amide bonds. The average Bonchev–Trinajstić information content (AvgIpc) is 2.68. The van der Waals surface area contributed by atoms with Gasteiger partial charge in [0.1, 0.15) is 0 Å². The van der Waals surface area contributed by atoms with Crippen LogP contribution in [0.3, 0.4) is 0 Å². The van der Waals surface area contributed by atoms with Gasteiger partial charge in [-0.3, -0.25) is 0 Å². The highest BCUT2D eigenvalue weighted by Gasteiger charge is 2.34. The maximum Gasteiger partial charge on any atom is 0.0100 e. The third-order valence-corrected chi connectivity index (χ3v) is 4.82. The van der Waals surface area contributed by atoms with Gasteiger partial charge in [-0.15, -0.1) is 0 Å². The van der Waals surface area contributed by atoms with Crippen molar-refractivity contribution in [1.82, 2.24) is 10.2 Å². The Balaban J connectivity index is 1.83. The third-order valence-electron chi connectivity index (χ3n) is 4.82. The van der Waals surface area contributed by atoms with Crippen molar-refractivity contribution in [1.29, 1.82) is 0 Å². The van der Waals surface area contributed by atoms with Gasteiger partial charge in [0, 0.05) is 12.6 Å². The van der Waals surface area contributed by atoms with Gasteiger partial charge in [-0.2, -0.15) is 0 Å². The molecular weight excluding hydrogens is 208 g/mol. The number of piperidine rings is 1. The molecule has 17 heavy (non-hydrogen) atoms. The van der Waals surface area contributed by atoms with E-state index < -0.39 is 0 Å². The van der Waals surface area contributed by atoms with Crippen LogP contribution in [-0.4, -0.2) is 37.1 Å². The van der Waals surface area contributed by atoms with Gasteiger partial charge >= 0.3 is 0 Å². The van der Waals surface area contributed by atoms with Crippen LogP contribution in [-0.2, 0) is 0 Å². The molecule has 0 aromatic heterocycles. The molecule has 1 N–H and O–H groups in total. The summed E-state index contributed by atoms with van der Waals surface area (Å²) in [5.41, 5.74) is 0.589. The highest BCUT2D eigenvalue weighted by atomic mass is 15.2. The Labute approximate surface area is 107 Å². The van der Waals surface area contributed by atoms with Crippen LogP contribution >= 0.6 is 0 Å². The second-order valence-electron chi connectivity index (χ2n) is 6.84. The lowest BCUT2D eigenvalue weighted by Crippen LogP contribution is -2.40. The molecular formula is C15H30N2. The highest BCUT2D eigenvalue weighted by molar-refractivity contribution is 4.88. The molecule has 0 radical (unpaired) electrons. The van der Waals surface area contributed by atoms with Crippen LogP contribution in [0.5, 0.6) is 0 Å². The minimum absolute atomic E-state index is 0.589. The SMILES string of the molecule is CCN(CC1CCNCC1)C1CCC(C)(C)C1. The maximum absolute atomic E-state index is 3.47. The van der Waals surface area contributed by atoms with E-state index in [1.54, 1.807) is 0 Å². The van der Waals surface area contributed by atoms with Crippen molar-refractivity contribution in [2.24, 2.45) is 11.3 Å². The van der Waals surface area contributed by atoms with Gasteiger partial charge in [-0.25, -0.2) is 0 Å². The zero-order chi connectivity index (χ0) is 12.3. The van der Waals surface area contributed by atoms with Crippen molar-refractivity contribution in [3.8, 4) is 0 Å². The fourth-order valence-electron chi connectivity index (χ4n) is 3.64. The number of hydrogen-bond donors (Lipinski definition) is 1. The summed E-state index contributed by atoms with van der Waals surface area (Å²) in [7, 11) is 0. The minimum Gasteiger partial charge on any atom is -0.317 e. The van der Waals surface area contributed by atoms with Gasteiger partial charge < -0.3 is 10.2 Å². The van der Waals surface area contributed by atoms with Gasteiger partial charge in [0.2, 0.25) is 0 Å². The topological polar surface area (TPSA) is 15.3 Å². The molecule has 1 unspecified atom stereocenters. The first kappa shape index (κ1) is 13.4. The molecule has 1 atom stereocenters. The Kier molecular flexibility index (Phi) is 4.48. The lowest BCUT2D eigenvalue weighted by molar-refractivity contribution is 0.152. The fraction of sp³-hybridized carbons (Fsp3) is 1.00. The third kappa shape index (κ3) is 3.69. The Hall–Kier alpha value is -0.0800. The van der Waals surface area contributed by atoms with Crippen LogP contribution in [0.1, 0.15) is 52.9 Å². The molecule has 2 fully saturated rings. The Morgan fingerprint density at radius 2 is 1.88 bits per heavy atom. The van der Waals surface area contributed by atoms with E-state index in [1.807, 2.05) is 0 Å². The van der Waals surface area contributed by atoms with E-state index in [1.165, 1.54) is 58.3 Å². The van der Waals surface area contributed by atoms with Crippen molar-refractivity contribution in [3.63, 3.8) is 0 Å². The molecule has 1 aliphatic carbocycles. The fourth-order valence-corrected chi connectivity index (χ4v) is 3.64. The summed E-state index contributed by atoms with van der Waals surface area (Å²) in [4.78, 5) is 2.77. The molecule has 2 heteroatoms. The zero-order valence-corrected chi connectivity index (χ0v) is 12.0. The molecule has 1 saturated carbocycles. The number of hydrogen-bond acceptors (Lipinski definition) is 2. The van der Waals surface area contributed by atoms with Crippen LogP contribution in [0, 0.1) is 11.3 Å². The predicted octanol–water partition coefficient (Wildman–Crippen LogP) is 2.89. The molecule has 0 aromatic carbocycles. The molecule has 0 bridgehead atoms. The van der Waals surface area contributed by atoms with Crippen LogP contribution in [0.2, 0.25) is 0 Å². The number of nitrogens with zero attached hydrogens (tertiary/aromatic N) is 1. The summed E-state index contributed by atoms with van der Waals surface area (Å²) in [6.07, 6.45) is 7.01. The predicted molar refractivity (Wildman–Crippen MR) is 74.3 cm³/mol. The van der Waals surface area contributed by atoms with Crippen molar-refractivity contribution in [2.75, 3.05) is 26.2 Å². The quantitative estimate of drug-likeness (QED) is 0.810. The highest BCUT2D eigenvalue weighted by Crippen LogP contribution is 2.39. The van der Waals surface area contributed by atoms with Crippen molar-refractivity contribution in [3.05, 3.63) is 0 Å². The maximum atomic E-state index is 3.47. The summed E-state index contributed by atoms with van der Waals surface area (Å²) in [6.45, 7) is 12.3. The van der Waals surface area contributed by atoms with Gasteiger partial charge in [-0.1, -0.05) is 20.8 Å². The normalized spacial score (nSPS) is 30.0. The molecule has 2 rings (SSSR count). The molecule has 0 aromatic rings. The first-order valence-electron chi connectivity index (χ1n) is 7.55. The van der Waals surface area contributed by atoms with E-state index in [-0.39, 0.29) is 0 Å². The average molecular weight is 238 g/mol. The molecule has 2 nitrogen and oxygen atoms in total. The molecule has 2 aliphatic rings. The van der Waals surface area contributed by atoms with Crippen molar-refractivity contribution >= 4 is 0 Å². The lowest BCUT2D eigenvalue weighted by Gasteiger charge is -2.34. The first-order valence-corrected chi connectivity index (χ1v) is 7.55. The number of rotatable bonds is 4. The second-order valence-corrected chi connectivity index (χ2v) is 6.84. The summed E-state index contributed by atoms with van der Waals surface area (Å²) >= 11 is 0. The summed E-state index contributed by atoms with van der Waals surface area (Å²) in [5.74, 6) is 0.944. The summed E-state index contributed by atoms with van der Waals surface area (Å²) < 4.78 is 0. The monoisotopic (exact) mass is 238 g/mol. The summed E-state index contributed by atoms with van der Waals surface area (Å²) in [5, 5.41) is 3.47. The number of nitrogens with one attached hydrogen (secondary N) is 1. The second kappa shape index (κ2) is 5.71. The smallest absolute Gasteiger partial charge is 0.0100 e. The Bertz CT molecular complexity index is 231. The van der Waals surface area contributed by atoms with E-state index in [4.69, 9.17) is 0 Å². The van der Waals surface area contributed by atoms with Gasteiger partial charge in [0.05, 0.1) is 0 Å². The van der Waals surface area contributed by atoms with Crippen LogP contribution in [0.25, 0.3) is 0 Å². The van der Waals surface area contributed by atoms with E-state index in [9.17, 15) is 0 Å². The largest absolute Gasteiger partial charge is 0.317 e. The van der Waals surface area contributed by atoms with Crippen molar-refractivity contribution in [2.45, 2.75) is 58.9 Å². The van der Waals surface area contributed by atoms with Gasteiger partial charge in [-0.05, 0) is 63.1 Å². The lowest BCUT2D eigenvalue weighted by atomic mass is 9.91. The first-order chi connectivity index (χ1) is 8.11. The van der Waals surface area contributed by atoms with Crippen LogP contribution < -0.4 is 5.32 Å². The van der Waals surface area contributed by atoms with E-state index in [0.29, 0.717) is 5.41 Å². The molecule has 100 valence electrons. The van der Waals surface area contributed by atoms with E-state index >= 15 is 0 Å². The summed E-state index contributed by atoms with van der Waals surface area (Å²) in [6, 6.07) is 0.866. The van der Waals surface area contributed by atoms with Crippen LogP contribution in [0.15, 0.2) is 0 Å². The molecule has 0 spiro atoms.